The fraction of sp³-hybridized carbons (Fsp3) is 0.278. The van der Waals surface area contributed by atoms with Crippen molar-refractivity contribution in [2.24, 2.45) is 0 Å². The first-order valence-corrected chi connectivity index (χ1v) is 8.28. The maximum atomic E-state index is 12.6. The van der Waals surface area contributed by atoms with Crippen LogP contribution in [-0.4, -0.2) is 42.5 Å². The summed E-state index contributed by atoms with van der Waals surface area (Å²) in [5, 5.41) is 13.5. The molecule has 3 amide bonds. The van der Waals surface area contributed by atoms with Crippen LogP contribution in [0.25, 0.3) is 0 Å². The number of aryl methyl sites for hydroxylation is 1. The van der Waals surface area contributed by atoms with Crippen molar-refractivity contribution in [3.8, 4) is 0 Å². The molecular weight excluding hydrogens is 338 g/mol. The van der Waals surface area contributed by atoms with Gasteiger partial charge in [-0.3, -0.25) is 14.4 Å². The summed E-state index contributed by atoms with van der Waals surface area (Å²) in [6, 6.07) is 8.45. The first-order valence-electron chi connectivity index (χ1n) is 8.28. The third-order valence-electron chi connectivity index (χ3n) is 4.04. The van der Waals surface area contributed by atoms with E-state index in [0.717, 1.165) is 18.4 Å². The summed E-state index contributed by atoms with van der Waals surface area (Å²) < 4.78 is 5.19. The van der Waals surface area contributed by atoms with Crippen LogP contribution >= 0.6 is 0 Å². The van der Waals surface area contributed by atoms with Gasteiger partial charge >= 0.3 is 11.8 Å². The number of carbonyl (C=O) groups is 3. The lowest BCUT2D eigenvalue weighted by Crippen LogP contribution is -2.37. The van der Waals surface area contributed by atoms with Gasteiger partial charge in [0.25, 0.3) is 5.91 Å². The van der Waals surface area contributed by atoms with E-state index < -0.39 is 11.8 Å². The van der Waals surface area contributed by atoms with E-state index in [2.05, 4.69) is 10.6 Å². The molecule has 0 radical (unpaired) electrons. The number of fused-ring (bicyclic) bond motifs is 1. The van der Waals surface area contributed by atoms with Crippen LogP contribution in [0.3, 0.4) is 0 Å². The van der Waals surface area contributed by atoms with Crippen LogP contribution in [0.2, 0.25) is 0 Å². The predicted molar refractivity (Wildman–Crippen MR) is 93.9 cm³/mol. The molecule has 0 atom stereocenters. The molecule has 136 valence electrons. The second kappa shape index (κ2) is 7.83. The Morgan fingerprint density at radius 3 is 2.77 bits per heavy atom. The molecule has 0 aliphatic carbocycles. The molecule has 2 aromatic rings. The monoisotopic (exact) mass is 357 g/mol. The molecule has 0 fully saturated rings. The lowest BCUT2D eigenvalue weighted by Gasteiger charge is -2.29. The van der Waals surface area contributed by atoms with E-state index in [1.807, 2.05) is 6.07 Å². The first-order chi connectivity index (χ1) is 12.6. The fourth-order valence-electron chi connectivity index (χ4n) is 2.83. The van der Waals surface area contributed by atoms with Gasteiger partial charge in [-0.25, -0.2) is 0 Å². The summed E-state index contributed by atoms with van der Waals surface area (Å²) in [6.45, 7) is 0.296. The van der Waals surface area contributed by atoms with E-state index in [1.165, 1.54) is 6.26 Å². The second-order valence-electron chi connectivity index (χ2n) is 5.81. The predicted octanol–water partition coefficient (Wildman–Crippen LogP) is 0.920. The Kier molecular flexibility index (Phi) is 5.33. The molecule has 3 N–H and O–H groups in total. The molecule has 2 heterocycles. The van der Waals surface area contributed by atoms with Crippen molar-refractivity contribution in [2.75, 3.05) is 29.9 Å². The first kappa shape index (κ1) is 17.7. The zero-order chi connectivity index (χ0) is 18.5. The SMILES string of the molecule is O=C(NCCO)C(=O)Nc1ccc2c(c1)N(C(=O)c1ccco1)CCC2. The van der Waals surface area contributed by atoms with Gasteiger partial charge in [-0.05, 0) is 42.7 Å². The maximum absolute atomic E-state index is 12.6. The maximum Gasteiger partial charge on any atom is 0.313 e. The van der Waals surface area contributed by atoms with Crippen LogP contribution in [-0.2, 0) is 16.0 Å². The summed E-state index contributed by atoms with van der Waals surface area (Å²) in [6.07, 6.45) is 3.09. The van der Waals surface area contributed by atoms with Gasteiger partial charge in [-0.2, -0.15) is 0 Å². The number of nitrogens with one attached hydrogen (secondary N) is 2. The standard InChI is InChI=1S/C18H19N3O5/c22-9-7-19-16(23)17(24)20-13-6-5-12-3-1-8-21(14(12)11-13)18(25)15-4-2-10-26-15/h2,4-6,10-11,22H,1,3,7-9H2,(H,19,23)(H,20,24). The van der Waals surface area contributed by atoms with E-state index in [0.29, 0.717) is 17.9 Å². The lowest BCUT2D eigenvalue weighted by molar-refractivity contribution is -0.136. The van der Waals surface area contributed by atoms with Crippen LogP contribution in [0.4, 0.5) is 11.4 Å². The van der Waals surface area contributed by atoms with Crippen molar-refractivity contribution < 1.29 is 23.9 Å². The minimum absolute atomic E-state index is 0.00185. The number of nitrogens with zero attached hydrogens (tertiary/aromatic N) is 1. The number of hydrogen-bond acceptors (Lipinski definition) is 5. The zero-order valence-electron chi connectivity index (χ0n) is 14.0. The summed E-state index contributed by atoms with van der Waals surface area (Å²) in [4.78, 5) is 37.8. The van der Waals surface area contributed by atoms with Crippen LogP contribution in [0.5, 0.6) is 0 Å². The highest BCUT2D eigenvalue weighted by Crippen LogP contribution is 2.31. The number of aliphatic hydroxyl groups excluding tert-OH is 1. The molecule has 1 aliphatic heterocycles. The van der Waals surface area contributed by atoms with Gasteiger partial charge in [0.2, 0.25) is 0 Å². The van der Waals surface area contributed by atoms with Gasteiger partial charge in [0.05, 0.1) is 12.9 Å². The third-order valence-corrected chi connectivity index (χ3v) is 4.04. The van der Waals surface area contributed by atoms with Crippen LogP contribution in [0.1, 0.15) is 22.5 Å². The highest BCUT2D eigenvalue weighted by molar-refractivity contribution is 6.39. The summed E-state index contributed by atoms with van der Waals surface area (Å²) in [5.41, 5.74) is 2.08. The fourth-order valence-corrected chi connectivity index (χ4v) is 2.83. The largest absolute Gasteiger partial charge is 0.459 e. The van der Waals surface area contributed by atoms with Crippen LogP contribution in [0, 0.1) is 0 Å². The van der Waals surface area contributed by atoms with Gasteiger partial charge in [0.15, 0.2) is 5.76 Å². The molecular formula is C18H19N3O5. The number of hydrogen-bond donors (Lipinski definition) is 3. The molecule has 0 bridgehead atoms. The Labute approximate surface area is 149 Å². The molecule has 0 spiro atoms. The molecule has 8 heteroatoms. The average Bonchev–Trinajstić information content (AvgIpc) is 3.19. The van der Waals surface area contributed by atoms with Gasteiger partial charge in [-0.15, -0.1) is 0 Å². The van der Waals surface area contributed by atoms with Crippen molar-refractivity contribution in [1.29, 1.82) is 0 Å². The molecule has 0 saturated carbocycles. The Bertz CT molecular complexity index is 816. The van der Waals surface area contributed by atoms with Gasteiger partial charge < -0.3 is 25.1 Å². The number of anilines is 2. The van der Waals surface area contributed by atoms with E-state index in [9.17, 15) is 14.4 Å². The number of aliphatic hydroxyl groups is 1. The second-order valence-corrected chi connectivity index (χ2v) is 5.81. The number of furan rings is 1. The van der Waals surface area contributed by atoms with Crippen molar-refractivity contribution >= 4 is 29.1 Å². The zero-order valence-corrected chi connectivity index (χ0v) is 14.0. The summed E-state index contributed by atoms with van der Waals surface area (Å²) >= 11 is 0. The van der Waals surface area contributed by atoms with Crippen molar-refractivity contribution in [3.63, 3.8) is 0 Å². The lowest BCUT2D eigenvalue weighted by atomic mass is 10.0. The van der Waals surface area contributed by atoms with Gasteiger partial charge in [0, 0.05) is 24.5 Å². The van der Waals surface area contributed by atoms with Crippen molar-refractivity contribution in [2.45, 2.75) is 12.8 Å². The summed E-state index contributed by atoms with van der Waals surface area (Å²) in [5.74, 6) is -1.67. The Hall–Kier alpha value is -3.13. The minimum atomic E-state index is -0.835. The molecule has 0 unspecified atom stereocenters. The van der Waals surface area contributed by atoms with Crippen LogP contribution in [0.15, 0.2) is 41.0 Å². The number of benzene rings is 1. The molecule has 3 rings (SSSR count). The van der Waals surface area contributed by atoms with E-state index in [-0.39, 0.29) is 24.8 Å². The highest BCUT2D eigenvalue weighted by atomic mass is 16.3. The quantitative estimate of drug-likeness (QED) is 0.705. The Morgan fingerprint density at radius 1 is 1.19 bits per heavy atom. The molecule has 1 aromatic carbocycles. The number of amides is 3. The number of carbonyl (C=O) groups excluding carboxylic acids is 3. The highest BCUT2D eigenvalue weighted by Gasteiger charge is 2.26. The molecule has 1 aromatic heterocycles. The number of rotatable bonds is 4. The molecule has 26 heavy (non-hydrogen) atoms. The van der Waals surface area contributed by atoms with Crippen LogP contribution < -0.4 is 15.5 Å². The van der Waals surface area contributed by atoms with Crippen molar-refractivity contribution in [3.05, 3.63) is 47.9 Å². The molecule has 8 nitrogen and oxygen atoms in total. The van der Waals surface area contributed by atoms with Crippen molar-refractivity contribution in [1.82, 2.24) is 5.32 Å². The normalized spacial score (nSPS) is 13.0. The van der Waals surface area contributed by atoms with Gasteiger partial charge in [-0.1, -0.05) is 6.07 Å². The van der Waals surface area contributed by atoms with E-state index in [4.69, 9.17) is 9.52 Å². The third kappa shape index (κ3) is 3.75. The molecule has 0 saturated heterocycles. The summed E-state index contributed by atoms with van der Waals surface area (Å²) in [7, 11) is 0. The smallest absolute Gasteiger partial charge is 0.313 e. The Morgan fingerprint density at radius 2 is 2.04 bits per heavy atom. The minimum Gasteiger partial charge on any atom is -0.459 e. The van der Waals surface area contributed by atoms with E-state index >= 15 is 0 Å². The Balaban J connectivity index is 1.79. The topological polar surface area (TPSA) is 112 Å². The average molecular weight is 357 g/mol. The van der Waals surface area contributed by atoms with E-state index in [1.54, 1.807) is 29.2 Å². The molecule has 1 aliphatic rings. The van der Waals surface area contributed by atoms with Gasteiger partial charge in [0.1, 0.15) is 0 Å².